The second-order valence-corrected chi connectivity index (χ2v) is 11.5. The van der Waals surface area contributed by atoms with Crippen LogP contribution in [0.25, 0.3) is 10.4 Å². The quantitative estimate of drug-likeness (QED) is 0.382. The third-order valence-corrected chi connectivity index (χ3v) is 9.16. The Morgan fingerprint density at radius 1 is 1.03 bits per heavy atom. The second-order valence-electron chi connectivity index (χ2n) is 8.60. The Balaban J connectivity index is 1.42. The molecule has 0 fully saturated rings. The van der Waals surface area contributed by atoms with Crippen molar-refractivity contribution < 1.29 is 0 Å². The highest BCUT2D eigenvalue weighted by molar-refractivity contribution is 7.16. The van der Waals surface area contributed by atoms with Gasteiger partial charge in [-0.05, 0) is 73.7 Å². The lowest BCUT2D eigenvalue weighted by Crippen LogP contribution is -2.23. The topological polar surface area (TPSA) is 40.0 Å². The highest BCUT2D eigenvalue weighted by Gasteiger charge is 2.23. The van der Waals surface area contributed by atoms with Gasteiger partial charge in [0, 0.05) is 49.5 Å². The van der Waals surface area contributed by atoms with Gasteiger partial charge in [0.2, 0.25) is 0 Å². The van der Waals surface area contributed by atoms with Crippen molar-refractivity contribution in [3.05, 3.63) is 91.2 Å². The van der Waals surface area contributed by atoms with E-state index in [9.17, 15) is 0 Å². The molecule has 4 nitrogen and oxygen atoms in total. The zero-order chi connectivity index (χ0) is 23.7. The number of rotatable bonds is 6. The van der Waals surface area contributed by atoms with Crippen molar-refractivity contribution in [3.63, 3.8) is 0 Å². The predicted octanol–water partition coefficient (Wildman–Crippen LogP) is 7.25. The van der Waals surface area contributed by atoms with Crippen LogP contribution in [0.4, 0.5) is 0 Å². The minimum atomic E-state index is 0.124. The van der Waals surface area contributed by atoms with Crippen molar-refractivity contribution in [3.8, 4) is 10.4 Å². The van der Waals surface area contributed by atoms with E-state index in [2.05, 4.69) is 71.4 Å². The van der Waals surface area contributed by atoms with Gasteiger partial charge < -0.3 is 10.2 Å². The molecule has 1 N–H and O–H groups in total. The maximum atomic E-state index is 6.17. The molecular weight excluding hydrogens is 480 g/mol. The van der Waals surface area contributed by atoms with Crippen LogP contribution in [0.2, 0.25) is 5.02 Å². The summed E-state index contributed by atoms with van der Waals surface area (Å²) in [6, 6.07) is 11.0. The maximum absolute atomic E-state index is 6.17. The summed E-state index contributed by atoms with van der Waals surface area (Å²) in [6.07, 6.45) is 13.8. The Morgan fingerprint density at radius 2 is 1.82 bits per heavy atom. The van der Waals surface area contributed by atoms with E-state index < -0.39 is 0 Å². The standard InChI is InChI=1S/C27H27ClN4S2/c1-17-25(9-8-21-14-22(18(2)33-21)24-11-13-30-16-32(24)3)34-27(19-4-6-20(28)7-5-19)26(17)23-10-12-29-15-31-23/h4-7,10-16,23-24H,8-9H2,1-3H3,(H,29,31). The van der Waals surface area contributed by atoms with Crippen LogP contribution in [0.3, 0.4) is 0 Å². The number of halogens is 1. The molecule has 5 rings (SSSR count). The molecule has 0 bridgehead atoms. The Bertz CT molecular complexity index is 1300. The third-order valence-electron chi connectivity index (χ3n) is 6.37. The van der Waals surface area contributed by atoms with E-state index in [4.69, 9.17) is 11.6 Å². The van der Waals surface area contributed by atoms with Crippen LogP contribution in [0.5, 0.6) is 0 Å². The van der Waals surface area contributed by atoms with Gasteiger partial charge >= 0.3 is 0 Å². The predicted molar refractivity (Wildman–Crippen MR) is 148 cm³/mol. The first-order chi connectivity index (χ1) is 16.5. The van der Waals surface area contributed by atoms with E-state index in [0.29, 0.717) is 0 Å². The van der Waals surface area contributed by atoms with E-state index in [1.54, 1.807) is 6.34 Å². The normalized spacial score (nSPS) is 19.1. The third kappa shape index (κ3) is 4.63. The molecule has 1 aromatic carbocycles. The Kier molecular flexibility index (Phi) is 6.73. The van der Waals surface area contributed by atoms with Gasteiger partial charge in [-0.1, -0.05) is 23.7 Å². The average molecular weight is 507 g/mol. The van der Waals surface area contributed by atoms with Crippen LogP contribution >= 0.6 is 34.3 Å². The van der Waals surface area contributed by atoms with Crippen molar-refractivity contribution in [2.45, 2.75) is 38.8 Å². The van der Waals surface area contributed by atoms with E-state index in [1.165, 1.54) is 41.8 Å². The summed E-state index contributed by atoms with van der Waals surface area (Å²) in [5.74, 6) is 0. The van der Waals surface area contributed by atoms with Crippen molar-refractivity contribution >= 4 is 47.0 Å². The SMILES string of the molecule is Cc1sc(CCc2sc(-c3ccc(Cl)cc3)c(C3C=CN=CN3)c2C)cc1C1C=CN=CN1C. The van der Waals surface area contributed by atoms with Gasteiger partial charge in [0.15, 0.2) is 0 Å². The van der Waals surface area contributed by atoms with Gasteiger partial charge in [0.1, 0.15) is 0 Å². The molecular formula is C27H27ClN4S2. The Hall–Kier alpha value is -2.67. The average Bonchev–Trinajstić information content (AvgIpc) is 3.38. The molecule has 7 heteroatoms. The Morgan fingerprint density at radius 3 is 2.56 bits per heavy atom. The number of likely N-dealkylation sites (N-methyl/N-ethyl adjacent to an activating group) is 1. The van der Waals surface area contributed by atoms with Gasteiger partial charge in [0.25, 0.3) is 0 Å². The first-order valence-corrected chi connectivity index (χ1v) is 13.4. The number of benzene rings is 1. The molecule has 2 aliphatic heterocycles. The summed E-state index contributed by atoms with van der Waals surface area (Å²) < 4.78 is 0. The molecule has 0 aliphatic carbocycles. The molecule has 0 radical (unpaired) electrons. The van der Waals surface area contributed by atoms with E-state index >= 15 is 0 Å². The van der Waals surface area contributed by atoms with Crippen LogP contribution < -0.4 is 5.32 Å². The van der Waals surface area contributed by atoms with E-state index in [0.717, 1.165) is 17.9 Å². The van der Waals surface area contributed by atoms with Gasteiger partial charge in [-0.25, -0.2) is 9.98 Å². The summed E-state index contributed by atoms with van der Waals surface area (Å²) >= 11 is 9.99. The zero-order valence-electron chi connectivity index (χ0n) is 19.5. The maximum Gasteiger partial charge on any atom is 0.0909 e. The number of thiophene rings is 2. The fourth-order valence-corrected chi connectivity index (χ4v) is 7.12. The number of nitrogens with zero attached hydrogens (tertiary/aromatic N) is 3. The lowest BCUT2D eigenvalue weighted by molar-refractivity contribution is 0.445. The lowest BCUT2D eigenvalue weighted by Gasteiger charge is -2.25. The molecule has 0 saturated carbocycles. The number of hydrogen-bond donors (Lipinski definition) is 1. The van der Waals surface area contributed by atoms with Crippen LogP contribution in [0, 0.1) is 13.8 Å². The van der Waals surface area contributed by atoms with Crippen LogP contribution in [0.15, 0.2) is 64.9 Å². The van der Waals surface area contributed by atoms with Gasteiger partial charge in [-0.3, -0.25) is 0 Å². The number of hydrogen-bond acceptors (Lipinski definition) is 6. The van der Waals surface area contributed by atoms with Gasteiger partial charge in [0.05, 0.1) is 24.8 Å². The summed E-state index contributed by atoms with van der Waals surface area (Å²) in [5, 5.41) is 4.18. The molecule has 0 saturated heterocycles. The summed E-state index contributed by atoms with van der Waals surface area (Å²) in [6.45, 7) is 4.49. The summed E-state index contributed by atoms with van der Waals surface area (Å²) in [4.78, 5) is 16.1. The molecule has 0 amide bonds. The fourth-order valence-electron chi connectivity index (χ4n) is 4.56. The molecule has 34 heavy (non-hydrogen) atoms. The summed E-state index contributed by atoms with van der Waals surface area (Å²) in [7, 11) is 2.09. The lowest BCUT2D eigenvalue weighted by atomic mass is 9.97. The number of aliphatic imine (C=N–C) groups is 2. The molecule has 2 aromatic heterocycles. The number of nitrogens with one attached hydrogen (secondary N) is 1. The van der Waals surface area contributed by atoms with Gasteiger partial charge in [-0.15, -0.1) is 22.7 Å². The number of aryl methyl sites for hydroxylation is 3. The highest BCUT2D eigenvalue weighted by Crippen LogP contribution is 2.42. The smallest absolute Gasteiger partial charge is 0.0909 e. The zero-order valence-corrected chi connectivity index (χ0v) is 21.8. The molecule has 174 valence electrons. The second kappa shape index (κ2) is 9.90. The largest absolute Gasteiger partial charge is 0.366 e. The van der Waals surface area contributed by atoms with Crippen molar-refractivity contribution in [1.82, 2.24) is 10.2 Å². The first kappa shape index (κ1) is 23.1. The van der Waals surface area contributed by atoms with Crippen molar-refractivity contribution in [2.75, 3.05) is 7.05 Å². The minimum absolute atomic E-state index is 0.124. The van der Waals surface area contributed by atoms with Crippen LogP contribution in [-0.2, 0) is 12.8 Å². The van der Waals surface area contributed by atoms with E-state index in [1.807, 2.05) is 53.5 Å². The van der Waals surface area contributed by atoms with Gasteiger partial charge in [-0.2, -0.15) is 0 Å². The van der Waals surface area contributed by atoms with Crippen molar-refractivity contribution in [1.29, 1.82) is 0 Å². The molecule has 2 aliphatic rings. The molecule has 0 spiro atoms. The van der Waals surface area contributed by atoms with Crippen LogP contribution in [-0.4, -0.2) is 24.6 Å². The molecule has 3 aromatic rings. The molecule has 4 heterocycles. The summed E-state index contributed by atoms with van der Waals surface area (Å²) in [5.41, 5.74) is 5.29. The van der Waals surface area contributed by atoms with E-state index in [-0.39, 0.29) is 12.1 Å². The fraction of sp³-hybridized carbons (Fsp3) is 0.259. The monoisotopic (exact) mass is 506 g/mol. The van der Waals surface area contributed by atoms with Crippen LogP contribution in [0.1, 0.15) is 43.4 Å². The first-order valence-electron chi connectivity index (χ1n) is 11.3. The molecule has 2 unspecified atom stereocenters. The van der Waals surface area contributed by atoms with Crippen molar-refractivity contribution in [2.24, 2.45) is 9.98 Å². The Labute approximate surface area is 214 Å². The minimum Gasteiger partial charge on any atom is -0.366 e. The highest BCUT2D eigenvalue weighted by atomic mass is 35.5. The molecule has 2 atom stereocenters.